The number of hydrogen-bond donors (Lipinski definition) is 0. The fourth-order valence-corrected chi connectivity index (χ4v) is 4.40. The Morgan fingerprint density at radius 1 is 1.03 bits per heavy atom. The Balaban J connectivity index is 0.000000956. The summed E-state index contributed by atoms with van der Waals surface area (Å²) in [7, 11) is 1.38. The summed E-state index contributed by atoms with van der Waals surface area (Å²) >= 11 is 0. The van der Waals surface area contributed by atoms with E-state index in [1.54, 1.807) is 30.3 Å². The number of aryl methyl sites for hydroxylation is 1. The summed E-state index contributed by atoms with van der Waals surface area (Å²) in [4.78, 5) is 12.6. The van der Waals surface area contributed by atoms with Gasteiger partial charge < -0.3 is 14.5 Å². The third-order valence-corrected chi connectivity index (χ3v) is 6.21. The van der Waals surface area contributed by atoms with Crippen LogP contribution >= 0.6 is 0 Å². The van der Waals surface area contributed by atoms with Crippen molar-refractivity contribution in [1.82, 2.24) is 9.97 Å². The van der Waals surface area contributed by atoms with Crippen molar-refractivity contribution in [1.29, 1.82) is 5.26 Å². The molecule has 0 N–H and O–H groups in total. The summed E-state index contributed by atoms with van der Waals surface area (Å²) in [5.74, 6) is -0.470. The molecule has 2 aliphatic rings. The number of nitrogens with zero attached hydrogens (tertiary/aromatic N) is 5. The first-order valence-corrected chi connectivity index (χ1v) is 13.1. The molecule has 0 atom stereocenters. The van der Waals surface area contributed by atoms with E-state index in [-0.39, 0.29) is 18.0 Å². The van der Waals surface area contributed by atoms with E-state index < -0.39 is 11.6 Å². The van der Waals surface area contributed by atoms with Crippen molar-refractivity contribution in [2.24, 2.45) is 0 Å². The Kier molecular flexibility index (Phi) is 9.40. The molecule has 1 aliphatic heterocycles. The Bertz CT molecular complexity index is 1360. The average Bonchev–Trinajstić information content (AvgIpc) is 3.81. The smallest absolute Gasteiger partial charge is 0.191 e. The summed E-state index contributed by atoms with van der Waals surface area (Å²) in [6, 6.07) is 8.85. The molecular formula is C30H35F2N5O. The first kappa shape index (κ1) is 28.6. The molecule has 200 valence electrons. The van der Waals surface area contributed by atoms with Gasteiger partial charge in [0, 0.05) is 30.1 Å². The largest absolute Gasteiger partial charge is 0.494 e. The Morgan fingerprint density at radius 3 is 2.29 bits per heavy atom. The Hall–Kier alpha value is -3.99. The lowest BCUT2D eigenvalue weighted by molar-refractivity contribution is 0.383. The molecule has 8 heteroatoms. The van der Waals surface area contributed by atoms with Crippen LogP contribution < -0.4 is 14.5 Å². The lowest BCUT2D eigenvalue weighted by atomic mass is 10.0. The highest BCUT2D eigenvalue weighted by Crippen LogP contribution is 2.46. The van der Waals surface area contributed by atoms with E-state index in [1.807, 2.05) is 52.8 Å². The fraction of sp³-hybridized carbons (Fsp3) is 0.367. The van der Waals surface area contributed by atoms with E-state index in [2.05, 4.69) is 14.9 Å². The molecule has 3 heterocycles. The van der Waals surface area contributed by atoms with Gasteiger partial charge in [0.1, 0.15) is 23.3 Å². The number of rotatable bonds is 4. The lowest BCUT2D eigenvalue weighted by Gasteiger charge is -2.42. The highest BCUT2D eigenvalue weighted by molar-refractivity contribution is 5.75. The SMILES string of the molecule is CC.CC.CCN1C(=C2CC2)N(c2c(F)c(C)cc(OC)c2F)Cc2cnc(-c3ccc(C#N)nc3)cc21. The molecule has 0 radical (unpaired) electrons. The van der Waals surface area contributed by atoms with Crippen molar-refractivity contribution >= 4 is 11.4 Å². The molecule has 1 saturated carbocycles. The van der Waals surface area contributed by atoms with Gasteiger partial charge in [-0.05, 0) is 62.1 Å². The highest BCUT2D eigenvalue weighted by Gasteiger charge is 2.37. The second-order valence-corrected chi connectivity index (χ2v) is 8.37. The van der Waals surface area contributed by atoms with Crippen LogP contribution in [0.2, 0.25) is 0 Å². The third kappa shape index (κ3) is 5.33. The monoisotopic (exact) mass is 519 g/mol. The standard InChI is InChI=1S/C26H23F2N5O.2C2H6/c1-4-32-21-10-20(17-7-8-19(11-29)30-12-17)31-13-18(21)14-33(26(32)16-5-6-16)25-23(27)15(2)9-22(34-3)24(25)28;2*1-2/h7-10,12-13H,4-6,14H2,1-3H3;2*1-2H3. The first-order chi connectivity index (χ1) is 18.5. The normalized spacial score (nSPS) is 13.5. The van der Waals surface area contributed by atoms with Gasteiger partial charge in [-0.2, -0.15) is 5.26 Å². The topological polar surface area (TPSA) is 65.3 Å². The van der Waals surface area contributed by atoms with Crippen LogP contribution in [0.1, 0.15) is 64.3 Å². The minimum absolute atomic E-state index is 0.0182. The molecular weight excluding hydrogens is 484 g/mol. The number of ether oxygens (including phenoxy) is 1. The second-order valence-electron chi connectivity index (χ2n) is 8.37. The number of nitriles is 1. The predicted octanol–water partition coefficient (Wildman–Crippen LogP) is 7.51. The quantitative estimate of drug-likeness (QED) is 0.355. The number of halogens is 2. The van der Waals surface area contributed by atoms with Crippen LogP contribution in [-0.4, -0.2) is 23.6 Å². The van der Waals surface area contributed by atoms with Crippen LogP contribution in [0, 0.1) is 29.9 Å². The molecule has 0 amide bonds. The molecule has 6 nitrogen and oxygen atoms in total. The van der Waals surface area contributed by atoms with Gasteiger partial charge in [0.25, 0.3) is 0 Å². The second kappa shape index (κ2) is 12.5. The number of allylic oxidation sites excluding steroid dienone is 1. The molecule has 0 spiro atoms. The van der Waals surface area contributed by atoms with Crippen LogP contribution in [0.5, 0.6) is 5.75 Å². The summed E-state index contributed by atoms with van der Waals surface area (Å²) < 4.78 is 36.0. The van der Waals surface area contributed by atoms with E-state index in [1.165, 1.54) is 13.2 Å². The van der Waals surface area contributed by atoms with Gasteiger partial charge in [-0.3, -0.25) is 4.98 Å². The number of fused-ring (bicyclic) bond motifs is 1. The molecule has 0 unspecified atom stereocenters. The summed E-state index contributed by atoms with van der Waals surface area (Å²) in [6.07, 6.45) is 5.15. The maximum absolute atomic E-state index is 15.4. The van der Waals surface area contributed by atoms with Crippen molar-refractivity contribution in [3.05, 3.63) is 76.5 Å². The maximum atomic E-state index is 15.4. The van der Waals surface area contributed by atoms with E-state index in [0.29, 0.717) is 17.8 Å². The molecule has 3 aromatic rings. The van der Waals surface area contributed by atoms with Gasteiger partial charge in [-0.25, -0.2) is 13.8 Å². The summed E-state index contributed by atoms with van der Waals surface area (Å²) in [5.41, 5.74) is 5.04. The molecule has 2 aromatic heterocycles. The van der Waals surface area contributed by atoms with E-state index in [0.717, 1.165) is 46.7 Å². The first-order valence-electron chi connectivity index (χ1n) is 13.1. The van der Waals surface area contributed by atoms with Crippen molar-refractivity contribution in [3.63, 3.8) is 0 Å². The highest BCUT2D eigenvalue weighted by atomic mass is 19.1. The number of pyridine rings is 2. The molecule has 38 heavy (non-hydrogen) atoms. The zero-order valence-electron chi connectivity index (χ0n) is 23.2. The molecule has 1 fully saturated rings. The molecule has 1 aliphatic carbocycles. The van der Waals surface area contributed by atoms with Gasteiger partial charge in [0.15, 0.2) is 17.4 Å². The zero-order valence-corrected chi connectivity index (χ0v) is 23.2. The van der Waals surface area contributed by atoms with Gasteiger partial charge in [-0.1, -0.05) is 27.7 Å². The number of aromatic nitrogens is 2. The number of hydrogen-bond acceptors (Lipinski definition) is 6. The number of benzene rings is 1. The molecule has 1 aromatic carbocycles. The van der Waals surface area contributed by atoms with E-state index in [9.17, 15) is 0 Å². The van der Waals surface area contributed by atoms with E-state index >= 15 is 8.78 Å². The number of anilines is 2. The maximum Gasteiger partial charge on any atom is 0.191 e. The van der Waals surface area contributed by atoms with Crippen molar-refractivity contribution in [2.45, 2.75) is 60.9 Å². The van der Waals surface area contributed by atoms with Gasteiger partial charge >= 0.3 is 0 Å². The minimum Gasteiger partial charge on any atom is -0.494 e. The van der Waals surface area contributed by atoms with Crippen molar-refractivity contribution < 1.29 is 13.5 Å². The van der Waals surface area contributed by atoms with Crippen LogP contribution in [0.4, 0.5) is 20.2 Å². The average molecular weight is 520 g/mol. The minimum atomic E-state index is -0.711. The zero-order chi connectivity index (χ0) is 28.0. The fourth-order valence-electron chi connectivity index (χ4n) is 4.40. The third-order valence-electron chi connectivity index (χ3n) is 6.21. The molecule has 0 saturated heterocycles. The number of methoxy groups -OCH3 is 1. The van der Waals surface area contributed by atoms with Gasteiger partial charge in [-0.15, -0.1) is 0 Å². The lowest BCUT2D eigenvalue weighted by Crippen LogP contribution is -2.41. The Labute approximate surface area is 224 Å². The summed E-state index contributed by atoms with van der Waals surface area (Å²) in [5, 5.41) is 9.01. The van der Waals surface area contributed by atoms with Crippen molar-refractivity contribution in [2.75, 3.05) is 23.5 Å². The van der Waals surface area contributed by atoms with E-state index in [4.69, 9.17) is 10.00 Å². The van der Waals surface area contributed by atoms with Gasteiger partial charge in [0.05, 0.1) is 25.0 Å². The Morgan fingerprint density at radius 2 is 1.74 bits per heavy atom. The molecule has 5 rings (SSSR count). The van der Waals surface area contributed by atoms with Crippen LogP contribution in [0.25, 0.3) is 11.3 Å². The van der Waals surface area contributed by atoms with Crippen molar-refractivity contribution in [3.8, 4) is 23.1 Å². The van der Waals surface area contributed by atoms with Crippen LogP contribution in [0.3, 0.4) is 0 Å². The van der Waals surface area contributed by atoms with Crippen LogP contribution in [-0.2, 0) is 6.54 Å². The summed E-state index contributed by atoms with van der Waals surface area (Å²) in [6.45, 7) is 12.5. The predicted molar refractivity (Wildman–Crippen MR) is 148 cm³/mol. The van der Waals surface area contributed by atoms with Crippen LogP contribution in [0.15, 0.2) is 48.1 Å². The van der Waals surface area contributed by atoms with Gasteiger partial charge in [0.2, 0.25) is 0 Å². The molecule has 0 bridgehead atoms.